The van der Waals surface area contributed by atoms with Crippen LogP contribution in [0.25, 0.3) is 0 Å². The van der Waals surface area contributed by atoms with Gasteiger partial charge in [0, 0.05) is 12.0 Å². The molecule has 0 aliphatic carbocycles. The smallest absolute Gasteiger partial charge is 0.396 e. The highest BCUT2D eigenvalue weighted by Crippen LogP contribution is 2.24. The van der Waals surface area contributed by atoms with E-state index in [4.69, 9.17) is 4.42 Å². The minimum atomic E-state index is -0.857. The van der Waals surface area contributed by atoms with Gasteiger partial charge in [-0.25, -0.2) is 4.79 Å². The SMILES string of the molecule is CCOC(=O)C(=O)NCC(C)(C)c1ccc(C)o1. The quantitative estimate of drug-likeness (QED) is 0.653. The summed E-state index contributed by atoms with van der Waals surface area (Å²) in [7, 11) is 0. The molecule has 0 aromatic carbocycles. The Bertz CT molecular complexity index is 434. The molecule has 0 saturated carbocycles. The van der Waals surface area contributed by atoms with Crippen molar-refractivity contribution in [3.05, 3.63) is 23.7 Å². The van der Waals surface area contributed by atoms with Gasteiger partial charge in [-0.2, -0.15) is 0 Å². The highest BCUT2D eigenvalue weighted by molar-refractivity contribution is 6.32. The summed E-state index contributed by atoms with van der Waals surface area (Å²) in [6, 6.07) is 3.73. The van der Waals surface area contributed by atoms with E-state index >= 15 is 0 Å². The Balaban J connectivity index is 2.57. The Morgan fingerprint density at radius 2 is 2.06 bits per heavy atom. The molecule has 0 saturated heterocycles. The largest absolute Gasteiger partial charge is 0.466 e. The van der Waals surface area contributed by atoms with Crippen molar-refractivity contribution in [1.82, 2.24) is 5.32 Å². The van der Waals surface area contributed by atoms with E-state index in [0.717, 1.165) is 11.5 Å². The summed E-state index contributed by atoms with van der Waals surface area (Å²) in [6.45, 7) is 7.86. The van der Waals surface area contributed by atoms with Crippen molar-refractivity contribution in [2.75, 3.05) is 13.2 Å². The van der Waals surface area contributed by atoms with E-state index in [-0.39, 0.29) is 12.0 Å². The van der Waals surface area contributed by atoms with Crippen LogP contribution in [0.1, 0.15) is 32.3 Å². The number of esters is 1. The third-order valence-electron chi connectivity index (χ3n) is 2.56. The maximum atomic E-state index is 11.4. The predicted octanol–water partition coefficient (Wildman–Crippen LogP) is 1.54. The zero-order valence-electron chi connectivity index (χ0n) is 11.2. The summed E-state index contributed by atoms with van der Waals surface area (Å²) in [5, 5.41) is 2.54. The van der Waals surface area contributed by atoms with Crippen molar-refractivity contribution >= 4 is 11.9 Å². The normalized spacial score (nSPS) is 11.1. The van der Waals surface area contributed by atoms with Gasteiger partial charge in [0.25, 0.3) is 0 Å². The van der Waals surface area contributed by atoms with Crippen LogP contribution in [0, 0.1) is 6.92 Å². The molecule has 1 N–H and O–H groups in total. The summed E-state index contributed by atoms with van der Waals surface area (Å²) >= 11 is 0. The fraction of sp³-hybridized carbons (Fsp3) is 0.538. The lowest BCUT2D eigenvalue weighted by Gasteiger charge is -2.22. The summed E-state index contributed by atoms with van der Waals surface area (Å²) < 4.78 is 10.1. The van der Waals surface area contributed by atoms with Gasteiger partial charge < -0.3 is 14.5 Å². The van der Waals surface area contributed by atoms with Gasteiger partial charge in [-0.05, 0) is 26.0 Å². The van der Waals surface area contributed by atoms with Crippen LogP contribution in [0.3, 0.4) is 0 Å². The van der Waals surface area contributed by atoms with E-state index in [1.165, 1.54) is 0 Å². The van der Waals surface area contributed by atoms with Crippen molar-refractivity contribution in [2.24, 2.45) is 0 Å². The molecule has 0 fully saturated rings. The standard InChI is InChI=1S/C13H19NO4/c1-5-17-12(16)11(15)14-8-13(3,4)10-7-6-9(2)18-10/h6-7H,5,8H2,1-4H3,(H,14,15). The first-order chi connectivity index (χ1) is 8.36. The molecule has 18 heavy (non-hydrogen) atoms. The second-order valence-corrected chi connectivity index (χ2v) is 4.70. The molecular formula is C13H19NO4. The lowest BCUT2D eigenvalue weighted by atomic mass is 9.90. The number of carbonyl (C=O) groups is 2. The van der Waals surface area contributed by atoms with Crippen molar-refractivity contribution in [3.63, 3.8) is 0 Å². The minimum Gasteiger partial charge on any atom is -0.466 e. The second kappa shape index (κ2) is 5.71. The molecule has 1 amide bonds. The molecule has 0 aliphatic heterocycles. The summed E-state index contributed by atoms with van der Waals surface area (Å²) in [4.78, 5) is 22.5. The van der Waals surface area contributed by atoms with Gasteiger partial charge in [0.1, 0.15) is 11.5 Å². The van der Waals surface area contributed by atoms with Crippen LogP contribution in [0.15, 0.2) is 16.5 Å². The molecule has 0 spiro atoms. The average molecular weight is 253 g/mol. The maximum Gasteiger partial charge on any atom is 0.396 e. The van der Waals surface area contributed by atoms with Crippen LogP contribution in [0.4, 0.5) is 0 Å². The van der Waals surface area contributed by atoms with Gasteiger partial charge in [-0.1, -0.05) is 13.8 Å². The van der Waals surface area contributed by atoms with Crippen molar-refractivity contribution < 1.29 is 18.7 Å². The van der Waals surface area contributed by atoms with Crippen LogP contribution >= 0.6 is 0 Å². The average Bonchev–Trinajstić information content (AvgIpc) is 2.74. The van der Waals surface area contributed by atoms with Gasteiger partial charge in [0.2, 0.25) is 0 Å². The van der Waals surface area contributed by atoms with Gasteiger partial charge in [-0.3, -0.25) is 4.79 Å². The Kier molecular flexibility index (Phi) is 4.53. The first kappa shape index (κ1) is 14.3. The molecular weight excluding hydrogens is 234 g/mol. The Hall–Kier alpha value is -1.78. The van der Waals surface area contributed by atoms with Gasteiger partial charge in [0.05, 0.1) is 6.61 Å². The van der Waals surface area contributed by atoms with E-state index in [0.29, 0.717) is 6.54 Å². The first-order valence-corrected chi connectivity index (χ1v) is 5.88. The number of rotatable bonds is 4. The van der Waals surface area contributed by atoms with Crippen LogP contribution in [0.2, 0.25) is 0 Å². The molecule has 0 unspecified atom stereocenters. The van der Waals surface area contributed by atoms with Gasteiger partial charge in [0.15, 0.2) is 0 Å². The highest BCUT2D eigenvalue weighted by atomic mass is 16.5. The van der Waals surface area contributed by atoms with Crippen molar-refractivity contribution in [1.29, 1.82) is 0 Å². The number of amides is 1. The van der Waals surface area contributed by atoms with E-state index in [2.05, 4.69) is 10.1 Å². The molecule has 0 atom stereocenters. The number of ether oxygens (including phenoxy) is 1. The number of aryl methyl sites for hydroxylation is 1. The van der Waals surface area contributed by atoms with Gasteiger partial charge >= 0.3 is 11.9 Å². The second-order valence-electron chi connectivity index (χ2n) is 4.70. The van der Waals surface area contributed by atoms with Crippen LogP contribution in [-0.2, 0) is 19.7 Å². The molecule has 1 rings (SSSR count). The number of furan rings is 1. The zero-order valence-corrected chi connectivity index (χ0v) is 11.2. The third kappa shape index (κ3) is 3.61. The third-order valence-corrected chi connectivity index (χ3v) is 2.56. The van der Waals surface area contributed by atoms with Gasteiger partial charge in [-0.15, -0.1) is 0 Å². The monoisotopic (exact) mass is 253 g/mol. The molecule has 5 nitrogen and oxygen atoms in total. The molecule has 5 heteroatoms. The fourth-order valence-electron chi connectivity index (χ4n) is 1.46. The van der Waals surface area contributed by atoms with E-state index in [9.17, 15) is 9.59 Å². The minimum absolute atomic E-state index is 0.188. The Morgan fingerprint density at radius 1 is 1.39 bits per heavy atom. The van der Waals surface area contributed by atoms with E-state index < -0.39 is 11.9 Å². The summed E-state index contributed by atoms with van der Waals surface area (Å²) in [6.07, 6.45) is 0. The Morgan fingerprint density at radius 3 is 2.56 bits per heavy atom. The number of carbonyl (C=O) groups excluding carboxylic acids is 2. The number of hydrogen-bond acceptors (Lipinski definition) is 4. The number of nitrogens with one attached hydrogen (secondary N) is 1. The lowest BCUT2D eigenvalue weighted by molar-refractivity contribution is -0.154. The topological polar surface area (TPSA) is 68.5 Å². The fourth-order valence-corrected chi connectivity index (χ4v) is 1.46. The molecule has 1 aromatic rings. The Labute approximate surface area is 106 Å². The van der Waals surface area contributed by atoms with Crippen molar-refractivity contribution in [3.8, 4) is 0 Å². The summed E-state index contributed by atoms with van der Waals surface area (Å²) in [5.74, 6) is -0.00363. The molecule has 1 heterocycles. The van der Waals surface area contributed by atoms with Crippen LogP contribution < -0.4 is 5.32 Å². The molecule has 100 valence electrons. The predicted molar refractivity (Wildman–Crippen MR) is 66.1 cm³/mol. The molecule has 0 bridgehead atoms. The first-order valence-electron chi connectivity index (χ1n) is 5.88. The molecule has 0 radical (unpaired) electrons. The zero-order chi connectivity index (χ0) is 13.8. The van der Waals surface area contributed by atoms with Crippen molar-refractivity contribution in [2.45, 2.75) is 33.1 Å². The molecule has 0 aliphatic rings. The lowest BCUT2D eigenvalue weighted by Crippen LogP contribution is -2.40. The van der Waals surface area contributed by atoms with Crippen LogP contribution in [0.5, 0.6) is 0 Å². The summed E-state index contributed by atoms with van der Waals surface area (Å²) in [5.41, 5.74) is -0.379. The van der Waals surface area contributed by atoms with E-state index in [1.54, 1.807) is 6.92 Å². The highest BCUT2D eigenvalue weighted by Gasteiger charge is 2.26. The van der Waals surface area contributed by atoms with E-state index in [1.807, 2.05) is 32.9 Å². The maximum absolute atomic E-state index is 11.4. The number of hydrogen-bond donors (Lipinski definition) is 1. The molecule has 1 aromatic heterocycles. The van der Waals surface area contributed by atoms with Crippen LogP contribution in [-0.4, -0.2) is 25.0 Å².